The van der Waals surface area contributed by atoms with E-state index in [1.54, 1.807) is 12.1 Å². The minimum atomic E-state index is -1.03. The first-order chi connectivity index (χ1) is 8.08. The molecule has 17 heavy (non-hydrogen) atoms. The lowest BCUT2D eigenvalue weighted by Gasteiger charge is -2.15. The Hall–Kier alpha value is -1.27. The molecule has 0 amide bonds. The summed E-state index contributed by atoms with van der Waals surface area (Å²) in [6.07, 6.45) is 0.916. The Bertz CT molecular complexity index is 445. The van der Waals surface area contributed by atoms with Crippen molar-refractivity contribution in [2.45, 2.75) is 12.5 Å². The molecule has 0 saturated carbocycles. The topological polar surface area (TPSA) is 84.6 Å². The van der Waals surface area contributed by atoms with Crippen LogP contribution in [0.15, 0.2) is 16.6 Å². The number of hydrogen-bond acceptors (Lipinski definition) is 4. The number of ether oxygens (including phenoxy) is 1. The summed E-state index contributed by atoms with van der Waals surface area (Å²) in [7, 11) is 0. The molecule has 1 aromatic rings. The van der Waals surface area contributed by atoms with Gasteiger partial charge in [-0.1, -0.05) is 0 Å². The Morgan fingerprint density at radius 2 is 2.35 bits per heavy atom. The Kier molecular flexibility index (Phi) is 3.54. The van der Waals surface area contributed by atoms with Gasteiger partial charge < -0.3 is 20.9 Å². The molecule has 6 heteroatoms. The molecule has 1 unspecified atom stereocenters. The number of nitrogens with one attached hydrogen (secondary N) is 1. The van der Waals surface area contributed by atoms with Crippen molar-refractivity contribution >= 4 is 33.3 Å². The van der Waals surface area contributed by atoms with Crippen molar-refractivity contribution in [1.29, 1.82) is 0 Å². The highest BCUT2D eigenvalue weighted by Crippen LogP contribution is 2.29. The normalized spacial score (nSPS) is 19.2. The first-order valence-electron chi connectivity index (χ1n) is 5.24. The fraction of sp³-hybridized carbons (Fsp3) is 0.364. The van der Waals surface area contributed by atoms with Crippen LogP contribution in [0.3, 0.4) is 0 Å². The molecule has 0 radical (unpaired) electrons. The van der Waals surface area contributed by atoms with Gasteiger partial charge >= 0.3 is 5.97 Å². The number of carbonyl (C=O) groups is 1. The molecular weight excluding hydrogens is 288 g/mol. The summed E-state index contributed by atoms with van der Waals surface area (Å²) in [5, 5.41) is 12.2. The monoisotopic (exact) mass is 300 g/mol. The minimum absolute atomic E-state index is 0.106. The number of benzene rings is 1. The van der Waals surface area contributed by atoms with Gasteiger partial charge in [0.05, 0.1) is 18.2 Å². The lowest BCUT2D eigenvalue weighted by atomic mass is 10.1. The first kappa shape index (κ1) is 12.2. The third-order valence-corrected chi connectivity index (χ3v) is 3.32. The van der Waals surface area contributed by atoms with E-state index in [-0.39, 0.29) is 17.3 Å². The van der Waals surface area contributed by atoms with E-state index >= 15 is 0 Å². The van der Waals surface area contributed by atoms with Crippen molar-refractivity contribution in [3.8, 4) is 0 Å². The highest BCUT2D eigenvalue weighted by molar-refractivity contribution is 9.10. The van der Waals surface area contributed by atoms with Gasteiger partial charge in [-0.15, -0.1) is 0 Å². The van der Waals surface area contributed by atoms with Crippen LogP contribution in [0, 0.1) is 0 Å². The van der Waals surface area contributed by atoms with E-state index in [1.165, 1.54) is 0 Å². The molecule has 0 aromatic heterocycles. The molecule has 2 rings (SSSR count). The van der Waals surface area contributed by atoms with Gasteiger partial charge in [-0.25, -0.2) is 4.79 Å². The number of rotatable bonds is 3. The minimum Gasteiger partial charge on any atom is -0.478 e. The summed E-state index contributed by atoms with van der Waals surface area (Å²) >= 11 is 3.36. The zero-order valence-corrected chi connectivity index (χ0v) is 10.7. The van der Waals surface area contributed by atoms with Gasteiger partial charge in [-0.3, -0.25) is 0 Å². The van der Waals surface area contributed by atoms with Crippen LogP contribution in [0.2, 0.25) is 0 Å². The van der Waals surface area contributed by atoms with E-state index in [4.69, 9.17) is 15.6 Å². The number of carboxylic acids is 1. The van der Waals surface area contributed by atoms with E-state index in [2.05, 4.69) is 21.2 Å². The fourth-order valence-electron chi connectivity index (χ4n) is 1.75. The number of nitrogens with two attached hydrogens (primary N) is 1. The molecule has 0 spiro atoms. The van der Waals surface area contributed by atoms with Crippen LogP contribution < -0.4 is 11.1 Å². The number of hydrogen-bond donors (Lipinski definition) is 3. The number of anilines is 2. The molecule has 1 atom stereocenters. The third kappa shape index (κ3) is 2.70. The SMILES string of the molecule is Nc1cc(Br)c(NC2CCOC2)cc1C(=O)O. The van der Waals surface area contributed by atoms with Crippen molar-refractivity contribution in [2.75, 3.05) is 24.3 Å². The lowest BCUT2D eigenvalue weighted by molar-refractivity contribution is 0.0698. The maximum atomic E-state index is 11.0. The van der Waals surface area contributed by atoms with Gasteiger partial charge in [0.25, 0.3) is 0 Å². The summed E-state index contributed by atoms with van der Waals surface area (Å²) in [4.78, 5) is 11.0. The van der Waals surface area contributed by atoms with Crippen LogP contribution in [0.1, 0.15) is 16.8 Å². The van der Waals surface area contributed by atoms with Gasteiger partial charge in [0, 0.05) is 22.5 Å². The second-order valence-electron chi connectivity index (χ2n) is 3.93. The zero-order valence-electron chi connectivity index (χ0n) is 9.07. The molecule has 1 saturated heterocycles. The predicted molar refractivity (Wildman–Crippen MR) is 68.4 cm³/mol. The van der Waals surface area contributed by atoms with E-state index in [0.717, 1.165) is 23.2 Å². The molecule has 5 nitrogen and oxygen atoms in total. The molecule has 1 aliphatic rings. The van der Waals surface area contributed by atoms with Crippen LogP contribution in [-0.2, 0) is 4.74 Å². The zero-order chi connectivity index (χ0) is 12.4. The van der Waals surface area contributed by atoms with Gasteiger partial charge in [0.1, 0.15) is 0 Å². The highest BCUT2D eigenvalue weighted by Gasteiger charge is 2.18. The van der Waals surface area contributed by atoms with Crippen molar-refractivity contribution in [3.05, 3.63) is 22.2 Å². The maximum Gasteiger partial charge on any atom is 0.337 e. The fourth-order valence-corrected chi connectivity index (χ4v) is 2.23. The Morgan fingerprint density at radius 1 is 1.59 bits per heavy atom. The molecule has 1 aromatic carbocycles. The highest BCUT2D eigenvalue weighted by atomic mass is 79.9. The second kappa shape index (κ2) is 4.93. The summed E-state index contributed by atoms with van der Waals surface area (Å²) in [5.74, 6) is -1.03. The molecule has 0 bridgehead atoms. The van der Waals surface area contributed by atoms with E-state index in [9.17, 15) is 4.79 Å². The molecule has 4 N–H and O–H groups in total. The largest absolute Gasteiger partial charge is 0.478 e. The van der Waals surface area contributed by atoms with E-state index in [0.29, 0.717) is 6.61 Å². The van der Waals surface area contributed by atoms with Crippen LogP contribution >= 0.6 is 15.9 Å². The Labute approximate surface area is 107 Å². The van der Waals surface area contributed by atoms with Crippen LogP contribution in [0.4, 0.5) is 11.4 Å². The molecule has 0 aliphatic carbocycles. The van der Waals surface area contributed by atoms with Gasteiger partial charge in [-0.2, -0.15) is 0 Å². The summed E-state index contributed by atoms with van der Waals surface area (Å²) in [6, 6.07) is 3.36. The maximum absolute atomic E-state index is 11.0. The van der Waals surface area contributed by atoms with E-state index in [1.807, 2.05) is 0 Å². The smallest absolute Gasteiger partial charge is 0.337 e. The number of nitrogen functional groups attached to an aromatic ring is 1. The lowest BCUT2D eigenvalue weighted by Crippen LogP contribution is -2.19. The third-order valence-electron chi connectivity index (χ3n) is 2.66. The van der Waals surface area contributed by atoms with Crippen molar-refractivity contribution < 1.29 is 14.6 Å². The molecule has 1 aliphatic heterocycles. The first-order valence-corrected chi connectivity index (χ1v) is 6.04. The number of halogens is 1. The van der Waals surface area contributed by atoms with Crippen LogP contribution in [-0.4, -0.2) is 30.3 Å². The summed E-state index contributed by atoms with van der Waals surface area (Å²) in [5.41, 5.74) is 6.72. The second-order valence-corrected chi connectivity index (χ2v) is 4.78. The average molecular weight is 301 g/mol. The predicted octanol–water partition coefficient (Wildman–Crippen LogP) is 1.93. The number of carboxylic acid groups (broad SMARTS) is 1. The van der Waals surface area contributed by atoms with Crippen LogP contribution in [0.5, 0.6) is 0 Å². The summed E-state index contributed by atoms with van der Waals surface area (Å²) < 4.78 is 6.01. The standard InChI is InChI=1S/C11H13BrN2O3/c12-8-4-9(13)7(11(15)16)3-10(8)14-6-1-2-17-5-6/h3-4,6,14H,1-2,5,13H2,(H,15,16). The molecule has 1 heterocycles. The summed E-state index contributed by atoms with van der Waals surface area (Å²) in [6.45, 7) is 1.37. The van der Waals surface area contributed by atoms with Crippen molar-refractivity contribution in [1.82, 2.24) is 0 Å². The average Bonchev–Trinajstić information content (AvgIpc) is 2.74. The van der Waals surface area contributed by atoms with Crippen molar-refractivity contribution in [3.63, 3.8) is 0 Å². The van der Waals surface area contributed by atoms with Gasteiger partial charge in [0.2, 0.25) is 0 Å². The number of aromatic carboxylic acids is 1. The van der Waals surface area contributed by atoms with Gasteiger partial charge in [-0.05, 0) is 34.5 Å². The molecule has 92 valence electrons. The Morgan fingerprint density at radius 3 is 2.94 bits per heavy atom. The van der Waals surface area contributed by atoms with Crippen LogP contribution in [0.25, 0.3) is 0 Å². The Balaban J connectivity index is 2.26. The quantitative estimate of drug-likeness (QED) is 0.743. The van der Waals surface area contributed by atoms with E-state index < -0.39 is 5.97 Å². The van der Waals surface area contributed by atoms with Crippen molar-refractivity contribution in [2.24, 2.45) is 0 Å². The molecular formula is C11H13BrN2O3. The van der Waals surface area contributed by atoms with Gasteiger partial charge in [0.15, 0.2) is 0 Å². The molecule has 1 fully saturated rings.